The van der Waals surface area contributed by atoms with Gasteiger partial charge in [-0.15, -0.1) is 0 Å². The highest BCUT2D eigenvalue weighted by Gasteiger charge is 2.04. The van der Waals surface area contributed by atoms with Crippen LogP contribution in [0.15, 0.2) is 18.5 Å². The molecular formula is C13H21N5. The third-order valence-electron chi connectivity index (χ3n) is 2.88. The van der Waals surface area contributed by atoms with Crippen LogP contribution in [0.1, 0.15) is 31.7 Å². The van der Waals surface area contributed by atoms with Crippen LogP contribution in [-0.4, -0.2) is 19.6 Å². The van der Waals surface area contributed by atoms with Crippen molar-refractivity contribution in [3.63, 3.8) is 0 Å². The van der Waals surface area contributed by atoms with Crippen LogP contribution in [-0.2, 0) is 19.6 Å². The molecule has 98 valence electrons. The number of hydrogen-bond acceptors (Lipinski definition) is 3. The molecule has 18 heavy (non-hydrogen) atoms. The van der Waals surface area contributed by atoms with Crippen LogP contribution in [0, 0.1) is 6.92 Å². The molecular weight excluding hydrogens is 226 g/mol. The normalized spacial score (nSPS) is 10.8. The number of rotatable bonds is 6. The van der Waals surface area contributed by atoms with E-state index in [9.17, 15) is 0 Å². The molecule has 2 heterocycles. The Morgan fingerprint density at radius 1 is 1.22 bits per heavy atom. The van der Waals surface area contributed by atoms with Crippen molar-refractivity contribution >= 4 is 5.69 Å². The van der Waals surface area contributed by atoms with Gasteiger partial charge in [0.05, 0.1) is 23.6 Å². The minimum Gasteiger partial charge on any atom is -0.377 e. The number of anilines is 1. The van der Waals surface area contributed by atoms with E-state index in [2.05, 4.69) is 35.4 Å². The Morgan fingerprint density at radius 3 is 2.72 bits per heavy atom. The minimum atomic E-state index is 0.743. The highest BCUT2D eigenvalue weighted by molar-refractivity contribution is 5.45. The summed E-state index contributed by atoms with van der Waals surface area (Å²) in [6.45, 7) is 8.88. The summed E-state index contributed by atoms with van der Waals surface area (Å²) < 4.78 is 3.92. The molecule has 0 aliphatic rings. The van der Waals surface area contributed by atoms with E-state index in [1.54, 1.807) is 0 Å². The number of hydrogen-bond donors (Lipinski definition) is 1. The van der Waals surface area contributed by atoms with Crippen molar-refractivity contribution < 1.29 is 0 Å². The second-order valence-corrected chi connectivity index (χ2v) is 4.41. The van der Waals surface area contributed by atoms with Crippen LogP contribution in [0.3, 0.4) is 0 Å². The standard InChI is InChI=1S/C13H21N5/c1-4-7-18-8-6-12(16-18)9-14-13-10-17(5-2)15-11(13)3/h6,8,10,14H,4-5,7,9H2,1-3H3. The van der Waals surface area contributed by atoms with Crippen molar-refractivity contribution in [2.24, 2.45) is 0 Å². The Morgan fingerprint density at radius 2 is 2.06 bits per heavy atom. The summed E-state index contributed by atoms with van der Waals surface area (Å²) in [5, 5.41) is 12.3. The van der Waals surface area contributed by atoms with Gasteiger partial charge in [0.15, 0.2) is 0 Å². The third-order valence-corrected chi connectivity index (χ3v) is 2.88. The molecule has 2 aromatic rings. The van der Waals surface area contributed by atoms with Gasteiger partial charge in [-0.2, -0.15) is 10.2 Å². The van der Waals surface area contributed by atoms with Crippen molar-refractivity contribution in [1.29, 1.82) is 0 Å². The number of aromatic nitrogens is 4. The highest BCUT2D eigenvalue weighted by atomic mass is 15.3. The second-order valence-electron chi connectivity index (χ2n) is 4.41. The Labute approximate surface area is 108 Å². The number of nitrogens with zero attached hydrogens (tertiary/aromatic N) is 4. The lowest BCUT2D eigenvalue weighted by Gasteiger charge is -2.02. The fourth-order valence-electron chi connectivity index (χ4n) is 1.89. The monoisotopic (exact) mass is 247 g/mol. The predicted molar refractivity (Wildman–Crippen MR) is 72.5 cm³/mol. The molecule has 0 aliphatic carbocycles. The quantitative estimate of drug-likeness (QED) is 0.853. The molecule has 5 nitrogen and oxygen atoms in total. The van der Waals surface area contributed by atoms with E-state index >= 15 is 0 Å². The number of nitrogens with one attached hydrogen (secondary N) is 1. The molecule has 0 radical (unpaired) electrons. The van der Waals surface area contributed by atoms with Gasteiger partial charge >= 0.3 is 0 Å². The zero-order chi connectivity index (χ0) is 13.0. The lowest BCUT2D eigenvalue weighted by molar-refractivity contribution is 0.595. The Hall–Kier alpha value is -1.78. The van der Waals surface area contributed by atoms with Crippen molar-refractivity contribution in [1.82, 2.24) is 19.6 Å². The average molecular weight is 247 g/mol. The maximum Gasteiger partial charge on any atom is 0.0825 e. The molecule has 0 aromatic carbocycles. The third kappa shape index (κ3) is 2.91. The predicted octanol–water partition coefficient (Wildman–Crippen LogP) is 2.43. The first-order chi connectivity index (χ1) is 8.72. The van der Waals surface area contributed by atoms with Crippen LogP contribution in [0.25, 0.3) is 0 Å². The summed E-state index contributed by atoms with van der Waals surface area (Å²) >= 11 is 0. The van der Waals surface area contributed by atoms with Gasteiger partial charge in [-0.25, -0.2) is 0 Å². The molecule has 0 amide bonds. The Bertz CT molecular complexity index is 497. The molecule has 0 aliphatic heterocycles. The van der Waals surface area contributed by atoms with Gasteiger partial charge in [0.1, 0.15) is 0 Å². The van der Waals surface area contributed by atoms with Gasteiger partial charge in [0, 0.05) is 25.5 Å². The second kappa shape index (κ2) is 5.71. The average Bonchev–Trinajstić information content (AvgIpc) is 2.94. The van der Waals surface area contributed by atoms with Gasteiger partial charge in [-0.05, 0) is 26.3 Å². The van der Waals surface area contributed by atoms with E-state index in [-0.39, 0.29) is 0 Å². The van der Waals surface area contributed by atoms with Crippen molar-refractivity contribution in [2.45, 2.75) is 46.8 Å². The molecule has 0 spiro atoms. The van der Waals surface area contributed by atoms with Crippen LogP contribution in [0.4, 0.5) is 5.69 Å². The van der Waals surface area contributed by atoms with Crippen LogP contribution < -0.4 is 5.32 Å². The summed E-state index contributed by atoms with van der Waals surface area (Å²) in [5.41, 5.74) is 3.18. The smallest absolute Gasteiger partial charge is 0.0825 e. The van der Waals surface area contributed by atoms with Gasteiger partial charge in [-0.1, -0.05) is 6.92 Å². The van der Waals surface area contributed by atoms with E-state index in [1.165, 1.54) is 0 Å². The molecule has 0 bridgehead atoms. The summed E-state index contributed by atoms with van der Waals surface area (Å²) in [6.07, 6.45) is 5.18. The Balaban J connectivity index is 1.95. The molecule has 0 fully saturated rings. The summed E-state index contributed by atoms with van der Waals surface area (Å²) in [6, 6.07) is 2.06. The van der Waals surface area contributed by atoms with Crippen molar-refractivity contribution in [3.8, 4) is 0 Å². The topological polar surface area (TPSA) is 47.7 Å². The fraction of sp³-hybridized carbons (Fsp3) is 0.538. The largest absolute Gasteiger partial charge is 0.377 e. The minimum absolute atomic E-state index is 0.743. The molecule has 0 saturated carbocycles. The lowest BCUT2D eigenvalue weighted by Crippen LogP contribution is -2.03. The maximum absolute atomic E-state index is 4.50. The molecule has 0 atom stereocenters. The van der Waals surface area contributed by atoms with Gasteiger partial charge in [0.25, 0.3) is 0 Å². The van der Waals surface area contributed by atoms with E-state index in [0.29, 0.717) is 0 Å². The first kappa shape index (κ1) is 12.7. The van der Waals surface area contributed by atoms with E-state index in [4.69, 9.17) is 0 Å². The summed E-state index contributed by atoms with van der Waals surface area (Å²) in [5.74, 6) is 0. The molecule has 0 unspecified atom stereocenters. The summed E-state index contributed by atoms with van der Waals surface area (Å²) in [4.78, 5) is 0. The zero-order valence-electron chi connectivity index (χ0n) is 11.3. The van der Waals surface area contributed by atoms with Crippen LogP contribution in [0.2, 0.25) is 0 Å². The molecule has 5 heteroatoms. The first-order valence-corrected chi connectivity index (χ1v) is 6.53. The lowest BCUT2D eigenvalue weighted by atomic mass is 10.3. The fourth-order valence-corrected chi connectivity index (χ4v) is 1.89. The van der Waals surface area contributed by atoms with Crippen molar-refractivity contribution in [2.75, 3.05) is 5.32 Å². The van der Waals surface area contributed by atoms with E-state index in [0.717, 1.165) is 43.1 Å². The van der Waals surface area contributed by atoms with Gasteiger partial charge < -0.3 is 5.32 Å². The zero-order valence-corrected chi connectivity index (χ0v) is 11.3. The summed E-state index contributed by atoms with van der Waals surface area (Å²) in [7, 11) is 0. The Kier molecular flexibility index (Phi) is 4.02. The molecule has 2 rings (SSSR count). The molecule has 2 aromatic heterocycles. The molecule has 1 N–H and O–H groups in total. The highest BCUT2D eigenvalue weighted by Crippen LogP contribution is 2.13. The first-order valence-electron chi connectivity index (χ1n) is 6.53. The number of aryl methyl sites for hydroxylation is 3. The van der Waals surface area contributed by atoms with Crippen LogP contribution in [0.5, 0.6) is 0 Å². The van der Waals surface area contributed by atoms with E-state index < -0.39 is 0 Å². The maximum atomic E-state index is 4.50. The molecule has 0 saturated heterocycles. The van der Waals surface area contributed by atoms with Gasteiger partial charge in [0.2, 0.25) is 0 Å². The van der Waals surface area contributed by atoms with E-state index in [1.807, 2.05) is 28.7 Å². The van der Waals surface area contributed by atoms with Crippen LogP contribution >= 0.6 is 0 Å². The SMILES string of the molecule is CCCn1ccc(CNc2cn(CC)nc2C)n1. The van der Waals surface area contributed by atoms with Gasteiger partial charge in [-0.3, -0.25) is 9.36 Å². The van der Waals surface area contributed by atoms with Crippen molar-refractivity contribution in [3.05, 3.63) is 29.8 Å².